The Labute approximate surface area is 142 Å². The molecule has 0 radical (unpaired) electrons. The van der Waals surface area contributed by atoms with Crippen molar-refractivity contribution >= 4 is 23.7 Å². The van der Waals surface area contributed by atoms with Crippen molar-refractivity contribution in [1.82, 2.24) is 5.32 Å². The number of amides is 1. The van der Waals surface area contributed by atoms with Gasteiger partial charge in [0.05, 0.1) is 6.04 Å². The van der Waals surface area contributed by atoms with Crippen LogP contribution in [0.3, 0.4) is 0 Å². The van der Waals surface area contributed by atoms with Crippen LogP contribution in [0, 0.1) is 0 Å². The summed E-state index contributed by atoms with van der Waals surface area (Å²) in [5.74, 6) is -0.357. The molecule has 0 spiro atoms. The lowest BCUT2D eigenvalue weighted by Crippen LogP contribution is -2.36. The standard InChI is InChI=1S/C17H24ClNO4/c1-11(22-12(2)20)10-15(13-6-8-14(18)9-7-13)19-16(21)23-17(3,4)5/h6-9,11,15H,10H2,1-5H3,(H,19,21)/t11-,15-/m1/s1. The van der Waals surface area contributed by atoms with E-state index >= 15 is 0 Å². The van der Waals surface area contributed by atoms with Gasteiger partial charge in [-0.2, -0.15) is 0 Å². The Balaban J connectivity index is 2.85. The minimum absolute atomic E-state index is 0.344. The zero-order valence-electron chi connectivity index (χ0n) is 14.2. The van der Waals surface area contributed by atoms with Gasteiger partial charge in [0.15, 0.2) is 0 Å². The van der Waals surface area contributed by atoms with Gasteiger partial charge >= 0.3 is 12.1 Å². The van der Waals surface area contributed by atoms with Crippen molar-refractivity contribution in [3.8, 4) is 0 Å². The topological polar surface area (TPSA) is 64.6 Å². The van der Waals surface area contributed by atoms with E-state index < -0.39 is 11.7 Å². The molecule has 1 N–H and O–H groups in total. The first-order valence-corrected chi connectivity index (χ1v) is 7.87. The van der Waals surface area contributed by atoms with E-state index in [0.717, 1.165) is 5.56 Å². The predicted molar refractivity (Wildman–Crippen MR) is 89.4 cm³/mol. The molecule has 0 aromatic heterocycles. The van der Waals surface area contributed by atoms with E-state index in [1.54, 1.807) is 39.8 Å². The van der Waals surface area contributed by atoms with Crippen molar-refractivity contribution in [2.45, 2.75) is 58.8 Å². The number of rotatable bonds is 5. The number of halogens is 1. The summed E-state index contributed by atoms with van der Waals surface area (Å²) < 4.78 is 10.4. The molecule has 23 heavy (non-hydrogen) atoms. The molecule has 0 aliphatic carbocycles. The van der Waals surface area contributed by atoms with Crippen molar-refractivity contribution in [2.75, 3.05) is 0 Å². The van der Waals surface area contributed by atoms with E-state index in [1.807, 2.05) is 12.1 Å². The number of hydrogen-bond donors (Lipinski definition) is 1. The van der Waals surface area contributed by atoms with E-state index in [1.165, 1.54) is 6.92 Å². The average molecular weight is 342 g/mol. The molecule has 0 bridgehead atoms. The highest BCUT2D eigenvalue weighted by Gasteiger charge is 2.23. The van der Waals surface area contributed by atoms with Crippen molar-refractivity contribution in [3.05, 3.63) is 34.9 Å². The molecule has 1 aromatic rings. The molecule has 0 saturated heterocycles. The van der Waals surface area contributed by atoms with Crippen LogP contribution in [-0.4, -0.2) is 23.8 Å². The van der Waals surface area contributed by atoms with Crippen LogP contribution in [0.4, 0.5) is 4.79 Å². The molecular weight excluding hydrogens is 318 g/mol. The van der Waals surface area contributed by atoms with E-state index in [2.05, 4.69) is 5.32 Å². The van der Waals surface area contributed by atoms with Gasteiger partial charge in [-0.05, 0) is 45.4 Å². The molecule has 5 nitrogen and oxygen atoms in total. The van der Waals surface area contributed by atoms with Gasteiger partial charge in [-0.15, -0.1) is 0 Å². The van der Waals surface area contributed by atoms with Crippen LogP contribution < -0.4 is 5.32 Å². The molecule has 1 aromatic carbocycles. The maximum atomic E-state index is 12.0. The molecule has 0 unspecified atom stereocenters. The van der Waals surface area contributed by atoms with Crippen LogP contribution in [0.1, 0.15) is 52.6 Å². The summed E-state index contributed by atoms with van der Waals surface area (Å²) in [5, 5.41) is 3.43. The Morgan fingerprint density at radius 3 is 2.26 bits per heavy atom. The third-order valence-corrected chi connectivity index (χ3v) is 3.15. The maximum absolute atomic E-state index is 12.0. The summed E-state index contributed by atoms with van der Waals surface area (Å²) in [4.78, 5) is 23.1. The lowest BCUT2D eigenvalue weighted by Gasteiger charge is -2.25. The van der Waals surface area contributed by atoms with Gasteiger partial charge in [0.2, 0.25) is 0 Å². The van der Waals surface area contributed by atoms with Crippen LogP contribution in [0.25, 0.3) is 0 Å². The van der Waals surface area contributed by atoms with Gasteiger partial charge in [0, 0.05) is 18.4 Å². The zero-order valence-corrected chi connectivity index (χ0v) is 14.9. The quantitative estimate of drug-likeness (QED) is 0.813. The Kier molecular flexibility index (Phi) is 6.88. The van der Waals surface area contributed by atoms with Gasteiger partial charge < -0.3 is 14.8 Å². The van der Waals surface area contributed by atoms with E-state index in [9.17, 15) is 9.59 Å². The Morgan fingerprint density at radius 2 is 1.78 bits per heavy atom. The number of alkyl carbamates (subject to hydrolysis) is 1. The zero-order chi connectivity index (χ0) is 17.6. The van der Waals surface area contributed by atoms with Crippen LogP contribution in [0.15, 0.2) is 24.3 Å². The van der Waals surface area contributed by atoms with Gasteiger partial charge in [0.25, 0.3) is 0 Å². The minimum Gasteiger partial charge on any atom is -0.463 e. The molecule has 1 rings (SSSR count). The summed E-state index contributed by atoms with van der Waals surface area (Å²) in [6.45, 7) is 8.53. The Hall–Kier alpha value is -1.75. The number of carbonyl (C=O) groups excluding carboxylic acids is 2. The lowest BCUT2D eigenvalue weighted by atomic mass is 10.0. The summed E-state index contributed by atoms with van der Waals surface area (Å²) in [7, 11) is 0. The van der Waals surface area contributed by atoms with Crippen molar-refractivity contribution in [2.24, 2.45) is 0 Å². The number of esters is 1. The molecule has 2 atom stereocenters. The molecule has 0 saturated carbocycles. The van der Waals surface area contributed by atoms with Crippen molar-refractivity contribution < 1.29 is 19.1 Å². The summed E-state index contributed by atoms with van der Waals surface area (Å²) in [5.41, 5.74) is 0.273. The molecule has 128 valence electrons. The number of benzene rings is 1. The third kappa shape index (κ3) is 7.88. The summed E-state index contributed by atoms with van der Waals surface area (Å²) >= 11 is 5.90. The second-order valence-electron chi connectivity index (χ2n) is 6.41. The normalized spacial score (nSPS) is 13.8. The first kappa shape index (κ1) is 19.3. The van der Waals surface area contributed by atoms with Crippen LogP contribution in [-0.2, 0) is 14.3 Å². The van der Waals surface area contributed by atoms with Gasteiger partial charge in [-0.25, -0.2) is 4.79 Å². The number of hydrogen-bond acceptors (Lipinski definition) is 4. The second kappa shape index (κ2) is 8.20. The first-order chi connectivity index (χ1) is 10.6. The summed E-state index contributed by atoms with van der Waals surface area (Å²) in [6, 6.07) is 6.79. The highest BCUT2D eigenvalue weighted by Crippen LogP contribution is 2.22. The van der Waals surface area contributed by atoms with E-state index in [0.29, 0.717) is 11.4 Å². The third-order valence-electron chi connectivity index (χ3n) is 2.90. The Bertz CT molecular complexity index is 537. The van der Waals surface area contributed by atoms with Crippen molar-refractivity contribution in [3.63, 3.8) is 0 Å². The van der Waals surface area contributed by atoms with E-state index in [4.69, 9.17) is 21.1 Å². The molecule has 0 heterocycles. The highest BCUT2D eigenvalue weighted by molar-refractivity contribution is 6.30. The monoisotopic (exact) mass is 341 g/mol. The average Bonchev–Trinajstić information content (AvgIpc) is 2.35. The smallest absolute Gasteiger partial charge is 0.408 e. The molecule has 0 fully saturated rings. The largest absolute Gasteiger partial charge is 0.463 e. The Morgan fingerprint density at radius 1 is 1.22 bits per heavy atom. The molecule has 0 aliphatic rings. The fourth-order valence-corrected chi connectivity index (χ4v) is 2.21. The number of carbonyl (C=O) groups is 2. The molecular formula is C17H24ClNO4. The van der Waals surface area contributed by atoms with E-state index in [-0.39, 0.29) is 18.1 Å². The first-order valence-electron chi connectivity index (χ1n) is 7.49. The van der Waals surface area contributed by atoms with Gasteiger partial charge in [-0.1, -0.05) is 23.7 Å². The highest BCUT2D eigenvalue weighted by atomic mass is 35.5. The second-order valence-corrected chi connectivity index (χ2v) is 6.84. The number of ether oxygens (including phenoxy) is 2. The lowest BCUT2D eigenvalue weighted by molar-refractivity contribution is -0.145. The summed E-state index contributed by atoms with van der Waals surface area (Å²) in [6.07, 6.45) is -0.434. The molecule has 0 aliphatic heterocycles. The predicted octanol–water partition coefficient (Wildman–Crippen LogP) is 4.25. The molecule has 6 heteroatoms. The van der Waals surface area contributed by atoms with Crippen molar-refractivity contribution in [1.29, 1.82) is 0 Å². The fourth-order valence-electron chi connectivity index (χ4n) is 2.09. The van der Waals surface area contributed by atoms with Gasteiger partial charge in [0.1, 0.15) is 11.7 Å². The minimum atomic E-state index is -0.587. The maximum Gasteiger partial charge on any atom is 0.408 e. The number of nitrogens with one attached hydrogen (secondary N) is 1. The fraction of sp³-hybridized carbons (Fsp3) is 0.529. The van der Waals surface area contributed by atoms with Gasteiger partial charge in [-0.3, -0.25) is 4.79 Å². The SMILES string of the molecule is CC(=O)O[C@H](C)C[C@@H](NC(=O)OC(C)(C)C)c1ccc(Cl)cc1. The van der Waals surface area contributed by atoms with Crippen LogP contribution in [0.2, 0.25) is 5.02 Å². The van der Waals surface area contributed by atoms with Crippen LogP contribution in [0.5, 0.6) is 0 Å². The van der Waals surface area contributed by atoms with Crippen LogP contribution >= 0.6 is 11.6 Å². The molecule has 1 amide bonds.